The molecule has 47 heavy (non-hydrogen) atoms. The molecule has 0 unspecified atom stereocenters. The van der Waals surface area contributed by atoms with E-state index in [4.69, 9.17) is 9.47 Å². The third-order valence-corrected chi connectivity index (χ3v) is 5.97. The predicted molar refractivity (Wildman–Crippen MR) is 132 cm³/mol. The zero-order chi connectivity index (χ0) is 36.7. The number of benzene rings is 1. The normalized spacial score (nSPS) is 13.9. The predicted octanol–water partition coefficient (Wildman–Crippen LogP) is 8.68. The Morgan fingerprint density at radius 1 is 0.660 bits per heavy atom. The first-order valence-electron chi connectivity index (χ1n) is 12.9. The summed E-state index contributed by atoms with van der Waals surface area (Å²) in [7, 11) is 0. The Balaban J connectivity index is 2.74. The van der Waals surface area contributed by atoms with Gasteiger partial charge in [-0.1, -0.05) is 18.7 Å². The van der Waals surface area contributed by atoms with E-state index in [1.165, 1.54) is 31.2 Å². The Morgan fingerprint density at radius 3 is 1.62 bits per heavy atom. The highest BCUT2D eigenvalue weighted by atomic mass is 19.4. The number of carbonyl (C=O) groups excluding carboxylic acids is 2. The van der Waals surface area contributed by atoms with E-state index < -0.39 is 60.3 Å². The molecule has 0 spiro atoms. The van der Waals surface area contributed by atoms with Crippen LogP contribution in [-0.2, 0) is 19.1 Å². The molecule has 5 nitrogen and oxygen atoms in total. The maximum Gasteiger partial charge on any atom is 0.460 e. The van der Waals surface area contributed by atoms with Gasteiger partial charge >= 0.3 is 53.7 Å². The van der Waals surface area contributed by atoms with Crippen LogP contribution in [0.2, 0.25) is 0 Å². The maximum atomic E-state index is 13.8. The van der Waals surface area contributed by atoms with Crippen LogP contribution >= 0.6 is 0 Å². The van der Waals surface area contributed by atoms with E-state index in [0.29, 0.717) is 18.6 Å². The molecule has 268 valence electrons. The third kappa shape index (κ3) is 9.27. The zero-order valence-corrected chi connectivity index (χ0v) is 23.8. The molecule has 0 fully saturated rings. The SMILES string of the molecule is C=C(C)C(=O)OCCCCCCOc1ccc(C=CC(=O)OCC(F)(F)C(F)(F)C(F)(F)C(F)(F)C(F)(F)C(F)(F)C(F)(F)F)cc1. The molecular weight excluding hydrogens is 689 g/mol. The minimum atomic E-state index is -8.42. The maximum absolute atomic E-state index is 13.8. The molecule has 1 aromatic carbocycles. The summed E-state index contributed by atoms with van der Waals surface area (Å²) in [5.74, 6) is -49.8. The van der Waals surface area contributed by atoms with Gasteiger partial charge in [0.1, 0.15) is 5.75 Å². The lowest BCUT2D eigenvalue weighted by Gasteiger charge is -2.41. The molecule has 0 aliphatic heterocycles. The van der Waals surface area contributed by atoms with Crippen molar-refractivity contribution in [3.05, 3.63) is 48.1 Å². The second kappa shape index (κ2) is 15.1. The van der Waals surface area contributed by atoms with Crippen molar-refractivity contribution in [2.45, 2.75) is 74.3 Å². The molecule has 0 amide bonds. The molecule has 0 aliphatic rings. The van der Waals surface area contributed by atoms with Crippen LogP contribution in [0.25, 0.3) is 6.08 Å². The fourth-order valence-corrected chi connectivity index (χ4v) is 3.17. The number of alkyl halides is 15. The van der Waals surface area contributed by atoms with E-state index >= 15 is 0 Å². The first-order valence-corrected chi connectivity index (χ1v) is 12.9. The van der Waals surface area contributed by atoms with Gasteiger partial charge in [0.25, 0.3) is 0 Å². The van der Waals surface area contributed by atoms with Crippen LogP contribution in [0.15, 0.2) is 42.5 Å². The number of rotatable bonds is 18. The van der Waals surface area contributed by atoms with Gasteiger partial charge in [0.2, 0.25) is 0 Å². The van der Waals surface area contributed by atoms with E-state index in [0.717, 1.165) is 18.9 Å². The summed E-state index contributed by atoms with van der Waals surface area (Å²) in [6.45, 7) is 2.21. The highest BCUT2D eigenvalue weighted by Crippen LogP contribution is 2.62. The number of ether oxygens (including phenoxy) is 3. The average Bonchev–Trinajstić information content (AvgIpc) is 2.95. The van der Waals surface area contributed by atoms with E-state index in [-0.39, 0.29) is 30.4 Å². The van der Waals surface area contributed by atoms with Gasteiger partial charge in [-0.25, -0.2) is 9.59 Å². The number of hydrogen-bond acceptors (Lipinski definition) is 5. The van der Waals surface area contributed by atoms with Crippen LogP contribution < -0.4 is 4.74 Å². The van der Waals surface area contributed by atoms with Gasteiger partial charge in [0, 0.05) is 11.6 Å². The highest BCUT2D eigenvalue weighted by molar-refractivity contribution is 5.87. The van der Waals surface area contributed by atoms with Crippen molar-refractivity contribution in [1.29, 1.82) is 0 Å². The molecule has 0 saturated carbocycles. The first-order chi connectivity index (χ1) is 21.2. The van der Waals surface area contributed by atoms with Gasteiger partial charge < -0.3 is 14.2 Å². The molecule has 0 aromatic heterocycles. The van der Waals surface area contributed by atoms with Crippen LogP contribution in [0.1, 0.15) is 38.2 Å². The molecular formula is C27H25F15O5. The van der Waals surface area contributed by atoms with Crippen molar-refractivity contribution in [1.82, 2.24) is 0 Å². The topological polar surface area (TPSA) is 61.8 Å². The second-order valence-corrected chi connectivity index (χ2v) is 9.76. The van der Waals surface area contributed by atoms with Crippen molar-refractivity contribution in [3.8, 4) is 5.75 Å². The summed E-state index contributed by atoms with van der Waals surface area (Å²) < 4.78 is 212. The standard InChI is InChI=1S/C27H25F15O5/c1-16(2)20(44)46-14-6-4-3-5-13-45-18-10-7-17(8-11-18)9-12-19(43)47-15-21(28,29)22(30,31)23(32,33)24(34,35)25(36,37)26(38,39)27(40,41)42/h7-12H,1,3-6,13-15H2,2H3. The Morgan fingerprint density at radius 2 is 1.13 bits per heavy atom. The zero-order valence-electron chi connectivity index (χ0n) is 23.8. The molecule has 0 atom stereocenters. The van der Waals surface area contributed by atoms with E-state index in [9.17, 15) is 75.4 Å². The van der Waals surface area contributed by atoms with Gasteiger partial charge in [-0.2, -0.15) is 65.9 Å². The Bertz CT molecular complexity index is 1260. The van der Waals surface area contributed by atoms with Crippen LogP contribution in [0.4, 0.5) is 65.9 Å². The first kappa shape index (κ1) is 41.4. The number of hydrogen-bond donors (Lipinski definition) is 0. The van der Waals surface area contributed by atoms with Crippen molar-refractivity contribution in [2.75, 3.05) is 19.8 Å². The Labute approximate surface area is 256 Å². The quantitative estimate of drug-likeness (QED) is 0.0660. The van der Waals surface area contributed by atoms with Gasteiger partial charge in [-0.15, -0.1) is 0 Å². The lowest BCUT2D eigenvalue weighted by atomic mass is 9.91. The summed E-state index contributed by atoms with van der Waals surface area (Å²) in [6.07, 6.45) is -3.99. The number of carbonyl (C=O) groups is 2. The minimum absolute atomic E-state index is 0.106. The summed E-state index contributed by atoms with van der Waals surface area (Å²) in [6, 6.07) is 5.27. The van der Waals surface area contributed by atoms with Crippen molar-refractivity contribution in [2.24, 2.45) is 0 Å². The van der Waals surface area contributed by atoms with E-state index in [1.807, 2.05) is 0 Å². The lowest BCUT2D eigenvalue weighted by Crippen LogP contribution is -2.73. The van der Waals surface area contributed by atoms with Crippen molar-refractivity contribution < 1.29 is 89.7 Å². The Hall–Kier alpha value is -3.61. The molecule has 1 aromatic rings. The van der Waals surface area contributed by atoms with Crippen molar-refractivity contribution in [3.63, 3.8) is 0 Å². The van der Waals surface area contributed by atoms with Crippen LogP contribution in [0, 0.1) is 0 Å². The lowest BCUT2D eigenvalue weighted by molar-refractivity contribution is -0.453. The monoisotopic (exact) mass is 714 g/mol. The van der Waals surface area contributed by atoms with Crippen molar-refractivity contribution >= 4 is 18.0 Å². The average molecular weight is 714 g/mol. The van der Waals surface area contributed by atoms with E-state index in [2.05, 4.69) is 11.3 Å². The summed E-state index contributed by atoms with van der Waals surface area (Å²) in [5, 5.41) is 0. The van der Waals surface area contributed by atoms with Gasteiger partial charge in [0.15, 0.2) is 6.61 Å². The smallest absolute Gasteiger partial charge is 0.460 e. The second-order valence-electron chi connectivity index (χ2n) is 9.76. The number of unbranched alkanes of at least 4 members (excludes halogenated alkanes) is 3. The molecule has 0 radical (unpaired) electrons. The Kier molecular flexibility index (Phi) is 13.3. The summed E-state index contributed by atoms with van der Waals surface area (Å²) >= 11 is 0. The van der Waals surface area contributed by atoms with Crippen LogP contribution in [0.3, 0.4) is 0 Å². The highest BCUT2D eigenvalue weighted by Gasteiger charge is 2.93. The molecule has 0 aliphatic carbocycles. The van der Waals surface area contributed by atoms with Gasteiger partial charge in [-0.05, 0) is 56.4 Å². The van der Waals surface area contributed by atoms with E-state index in [1.54, 1.807) is 0 Å². The van der Waals surface area contributed by atoms with Gasteiger partial charge in [0.05, 0.1) is 13.2 Å². The molecule has 0 saturated heterocycles. The fourth-order valence-electron chi connectivity index (χ4n) is 3.17. The van der Waals surface area contributed by atoms with Crippen LogP contribution in [0.5, 0.6) is 5.75 Å². The minimum Gasteiger partial charge on any atom is -0.494 e. The molecule has 0 N–H and O–H groups in total. The fraction of sp³-hybridized carbons (Fsp3) is 0.556. The molecule has 0 heterocycles. The summed E-state index contributed by atoms with van der Waals surface area (Å²) in [5.41, 5.74) is 0.378. The molecule has 0 bridgehead atoms. The number of halogens is 15. The largest absolute Gasteiger partial charge is 0.494 e. The molecule has 1 rings (SSSR count). The van der Waals surface area contributed by atoms with Gasteiger partial charge in [-0.3, -0.25) is 0 Å². The van der Waals surface area contributed by atoms with Crippen LogP contribution in [-0.4, -0.2) is 73.5 Å². The third-order valence-electron chi connectivity index (χ3n) is 5.97. The number of esters is 2. The molecule has 20 heteroatoms. The summed E-state index contributed by atoms with van der Waals surface area (Å²) in [4.78, 5) is 22.8.